The summed E-state index contributed by atoms with van der Waals surface area (Å²) >= 11 is 0. The molecule has 0 fully saturated rings. The van der Waals surface area contributed by atoms with Crippen molar-refractivity contribution >= 4 is 11.6 Å². The predicted octanol–water partition coefficient (Wildman–Crippen LogP) is 1.47. The molecule has 0 radical (unpaired) electrons. The summed E-state index contributed by atoms with van der Waals surface area (Å²) in [4.78, 5) is 9.17. The number of aliphatic imine (C=N–C) groups is 1. The molecule has 0 spiro atoms. The summed E-state index contributed by atoms with van der Waals surface area (Å²) in [6.07, 6.45) is 4.88. The molecule has 2 aromatic heterocycles. The third kappa shape index (κ3) is 4.73. The molecule has 0 aliphatic heterocycles. The molecule has 0 saturated carbocycles. The number of methoxy groups -OCH3 is 1. The lowest BCUT2D eigenvalue weighted by atomic mass is 10.3. The molecule has 1 atom stereocenters. The van der Waals surface area contributed by atoms with Crippen molar-refractivity contribution in [1.29, 1.82) is 0 Å². The molecule has 22 heavy (non-hydrogen) atoms. The number of rotatable bonds is 7. The lowest BCUT2D eigenvalue weighted by Gasteiger charge is -2.16. The SMILES string of the molecule is CCNC(=NCCc1cn2ccccc2n1)NC(C)COC. The minimum Gasteiger partial charge on any atom is -0.383 e. The van der Waals surface area contributed by atoms with Crippen LogP contribution in [-0.4, -0.2) is 48.2 Å². The number of hydrogen-bond acceptors (Lipinski definition) is 3. The van der Waals surface area contributed by atoms with Crippen molar-refractivity contribution in [2.45, 2.75) is 26.3 Å². The standard InChI is InChI=1S/C16H25N5O/c1-4-17-16(19-13(2)12-22-3)18-9-8-14-11-21-10-6-5-7-15(21)20-14/h5-7,10-11,13H,4,8-9,12H2,1-3H3,(H2,17,18,19). The van der Waals surface area contributed by atoms with Gasteiger partial charge in [-0.15, -0.1) is 0 Å². The first-order valence-corrected chi connectivity index (χ1v) is 7.69. The van der Waals surface area contributed by atoms with E-state index in [9.17, 15) is 0 Å². The average molecular weight is 303 g/mol. The zero-order chi connectivity index (χ0) is 15.8. The highest BCUT2D eigenvalue weighted by atomic mass is 16.5. The van der Waals surface area contributed by atoms with Gasteiger partial charge in [0, 0.05) is 45.1 Å². The molecule has 0 amide bonds. The molecule has 2 N–H and O–H groups in total. The van der Waals surface area contributed by atoms with E-state index < -0.39 is 0 Å². The zero-order valence-electron chi connectivity index (χ0n) is 13.5. The summed E-state index contributed by atoms with van der Waals surface area (Å²) in [6, 6.07) is 6.22. The van der Waals surface area contributed by atoms with Crippen molar-refractivity contribution in [3.8, 4) is 0 Å². The number of guanidine groups is 1. The minimum atomic E-state index is 0.220. The molecule has 6 heteroatoms. The van der Waals surface area contributed by atoms with Crippen molar-refractivity contribution in [3.05, 3.63) is 36.3 Å². The van der Waals surface area contributed by atoms with Gasteiger partial charge in [0.1, 0.15) is 5.65 Å². The Hall–Kier alpha value is -2.08. The first-order chi connectivity index (χ1) is 10.7. The van der Waals surface area contributed by atoms with Crippen LogP contribution in [0.15, 0.2) is 35.6 Å². The Morgan fingerprint density at radius 2 is 2.32 bits per heavy atom. The molecule has 0 aliphatic carbocycles. The van der Waals surface area contributed by atoms with Gasteiger partial charge in [-0.2, -0.15) is 0 Å². The van der Waals surface area contributed by atoms with Crippen molar-refractivity contribution < 1.29 is 4.74 Å². The Bertz CT molecular complexity index is 574. The number of imidazole rings is 1. The predicted molar refractivity (Wildman–Crippen MR) is 89.3 cm³/mol. The van der Waals surface area contributed by atoms with Crippen molar-refractivity contribution in [1.82, 2.24) is 20.0 Å². The van der Waals surface area contributed by atoms with E-state index in [0.29, 0.717) is 13.2 Å². The van der Waals surface area contributed by atoms with Crippen LogP contribution in [0.3, 0.4) is 0 Å². The Labute approximate surface area is 131 Å². The highest BCUT2D eigenvalue weighted by Gasteiger charge is 2.05. The fraction of sp³-hybridized carbons (Fsp3) is 0.500. The number of hydrogen-bond donors (Lipinski definition) is 2. The van der Waals surface area contributed by atoms with E-state index in [-0.39, 0.29) is 6.04 Å². The maximum absolute atomic E-state index is 5.13. The topological polar surface area (TPSA) is 63.0 Å². The highest BCUT2D eigenvalue weighted by Crippen LogP contribution is 2.05. The first kappa shape index (κ1) is 16.3. The smallest absolute Gasteiger partial charge is 0.191 e. The molecule has 2 aromatic rings. The number of nitrogens with one attached hydrogen (secondary N) is 2. The summed E-state index contributed by atoms with van der Waals surface area (Å²) in [5.41, 5.74) is 2.02. The van der Waals surface area contributed by atoms with E-state index in [1.165, 1.54) is 0 Å². The van der Waals surface area contributed by atoms with Crippen LogP contribution < -0.4 is 10.6 Å². The molecule has 6 nitrogen and oxygen atoms in total. The number of nitrogens with zero attached hydrogens (tertiary/aromatic N) is 3. The Balaban J connectivity index is 1.92. The Morgan fingerprint density at radius 1 is 1.45 bits per heavy atom. The van der Waals surface area contributed by atoms with E-state index in [1.807, 2.05) is 28.8 Å². The molecule has 0 bridgehead atoms. The third-order valence-corrected chi connectivity index (χ3v) is 3.20. The third-order valence-electron chi connectivity index (χ3n) is 3.20. The number of fused-ring (bicyclic) bond motifs is 1. The fourth-order valence-electron chi connectivity index (χ4n) is 2.23. The van der Waals surface area contributed by atoms with E-state index in [1.54, 1.807) is 7.11 Å². The lowest BCUT2D eigenvalue weighted by molar-refractivity contribution is 0.179. The molecule has 120 valence electrons. The van der Waals surface area contributed by atoms with Crippen LogP contribution in [0.1, 0.15) is 19.5 Å². The molecule has 0 aromatic carbocycles. The summed E-state index contributed by atoms with van der Waals surface area (Å²) in [7, 11) is 1.70. The average Bonchev–Trinajstić information content (AvgIpc) is 2.90. The summed E-state index contributed by atoms with van der Waals surface area (Å²) in [5.74, 6) is 0.816. The van der Waals surface area contributed by atoms with Crippen molar-refractivity contribution in [2.24, 2.45) is 4.99 Å². The van der Waals surface area contributed by atoms with E-state index in [0.717, 1.165) is 30.3 Å². The van der Waals surface area contributed by atoms with Gasteiger partial charge in [-0.05, 0) is 26.0 Å². The summed E-state index contributed by atoms with van der Waals surface area (Å²) < 4.78 is 7.16. The van der Waals surface area contributed by atoms with Gasteiger partial charge in [0.2, 0.25) is 0 Å². The van der Waals surface area contributed by atoms with E-state index in [4.69, 9.17) is 4.74 Å². The second kappa shape index (κ2) is 8.38. The zero-order valence-corrected chi connectivity index (χ0v) is 13.5. The summed E-state index contributed by atoms with van der Waals surface area (Å²) in [5, 5.41) is 6.56. The van der Waals surface area contributed by atoms with Gasteiger partial charge >= 0.3 is 0 Å². The lowest BCUT2D eigenvalue weighted by Crippen LogP contribution is -2.44. The molecule has 2 rings (SSSR count). The van der Waals surface area contributed by atoms with Crippen molar-refractivity contribution in [3.63, 3.8) is 0 Å². The quantitative estimate of drug-likeness (QED) is 0.600. The first-order valence-electron chi connectivity index (χ1n) is 7.69. The second-order valence-electron chi connectivity index (χ2n) is 5.21. The molecular weight excluding hydrogens is 278 g/mol. The summed E-state index contributed by atoms with van der Waals surface area (Å²) in [6.45, 7) is 6.30. The van der Waals surface area contributed by atoms with Crippen LogP contribution >= 0.6 is 0 Å². The van der Waals surface area contributed by atoms with Gasteiger partial charge in [0.15, 0.2) is 5.96 Å². The van der Waals surface area contributed by atoms with Crippen LogP contribution in [0, 0.1) is 0 Å². The van der Waals surface area contributed by atoms with Crippen LogP contribution in [0.4, 0.5) is 0 Å². The highest BCUT2D eigenvalue weighted by molar-refractivity contribution is 5.80. The number of aromatic nitrogens is 2. The van der Waals surface area contributed by atoms with E-state index >= 15 is 0 Å². The maximum atomic E-state index is 5.13. The van der Waals surface area contributed by atoms with Gasteiger partial charge < -0.3 is 19.8 Å². The van der Waals surface area contributed by atoms with Crippen molar-refractivity contribution in [2.75, 3.05) is 26.8 Å². The monoisotopic (exact) mass is 303 g/mol. The van der Waals surface area contributed by atoms with Crippen LogP contribution in [0.5, 0.6) is 0 Å². The molecule has 0 saturated heterocycles. The fourth-order valence-corrected chi connectivity index (χ4v) is 2.23. The molecule has 0 aliphatic rings. The van der Waals surface area contributed by atoms with E-state index in [2.05, 4.69) is 40.7 Å². The van der Waals surface area contributed by atoms with Crippen LogP contribution in [0.25, 0.3) is 5.65 Å². The van der Waals surface area contributed by atoms with Gasteiger partial charge in [-0.3, -0.25) is 4.99 Å². The number of ether oxygens (including phenoxy) is 1. The molecular formula is C16H25N5O. The maximum Gasteiger partial charge on any atom is 0.191 e. The van der Waals surface area contributed by atoms with Gasteiger partial charge in [-0.25, -0.2) is 4.98 Å². The molecule has 1 unspecified atom stereocenters. The minimum absolute atomic E-state index is 0.220. The second-order valence-corrected chi connectivity index (χ2v) is 5.21. The number of pyridine rings is 1. The normalized spacial score (nSPS) is 13.3. The van der Waals surface area contributed by atoms with Gasteiger partial charge in [0.25, 0.3) is 0 Å². The van der Waals surface area contributed by atoms with Gasteiger partial charge in [-0.1, -0.05) is 6.07 Å². The largest absolute Gasteiger partial charge is 0.383 e. The Kier molecular flexibility index (Phi) is 6.21. The Morgan fingerprint density at radius 3 is 3.05 bits per heavy atom. The van der Waals surface area contributed by atoms with Crippen LogP contribution in [-0.2, 0) is 11.2 Å². The van der Waals surface area contributed by atoms with Gasteiger partial charge in [0.05, 0.1) is 12.3 Å². The van der Waals surface area contributed by atoms with Crippen LogP contribution in [0.2, 0.25) is 0 Å². The molecule has 2 heterocycles.